The Morgan fingerprint density at radius 2 is 1.96 bits per heavy atom. The monoisotopic (exact) mass is 363 g/mol. The van der Waals surface area contributed by atoms with E-state index in [1.165, 1.54) is 38.2 Å². The Kier molecular flexibility index (Phi) is 5.59. The van der Waals surface area contributed by atoms with Crippen molar-refractivity contribution < 1.29 is 4.79 Å². The summed E-state index contributed by atoms with van der Waals surface area (Å²) in [4.78, 5) is 12.0. The quantitative estimate of drug-likeness (QED) is 0.598. The average molecular weight is 364 g/mol. The maximum atomic E-state index is 12.0. The molecule has 1 amide bonds. The van der Waals surface area contributed by atoms with Crippen molar-refractivity contribution in [3.05, 3.63) is 57.8 Å². The number of nitrogens with one attached hydrogen (secondary N) is 1. The third kappa shape index (κ3) is 4.19. The lowest BCUT2D eigenvalue weighted by molar-refractivity contribution is 0.0955. The highest BCUT2D eigenvalue weighted by Gasteiger charge is 2.14. The molecule has 24 heavy (non-hydrogen) atoms. The number of rotatable bonds is 4. The van der Waals surface area contributed by atoms with Gasteiger partial charge in [-0.05, 0) is 37.1 Å². The molecule has 0 saturated heterocycles. The molecule has 1 aliphatic rings. The Hall–Kier alpha value is -1.78. The first-order valence-corrected chi connectivity index (χ1v) is 8.85. The molecule has 1 fully saturated rings. The summed E-state index contributed by atoms with van der Waals surface area (Å²) in [6.07, 6.45) is 12.2. The van der Waals surface area contributed by atoms with E-state index in [1.54, 1.807) is 18.3 Å². The molecule has 0 radical (unpaired) electrons. The molecule has 1 saturated carbocycles. The number of hydrogen-bond donors (Lipinski definition) is 1. The van der Waals surface area contributed by atoms with E-state index in [1.807, 2.05) is 6.07 Å². The smallest absolute Gasteiger partial charge is 0.271 e. The zero-order valence-corrected chi connectivity index (χ0v) is 14.7. The SMILES string of the molecule is O=C(N/N=C\c1ccn(C2CCCCC2)c1)c1ccc(Cl)c(Cl)c1. The van der Waals surface area contributed by atoms with Crippen LogP contribution in [0.2, 0.25) is 10.0 Å². The van der Waals surface area contributed by atoms with E-state index in [0.717, 1.165) is 5.56 Å². The Bertz CT molecular complexity index is 748. The Balaban J connectivity index is 1.58. The molecule has 1 aromatic carbocycles. The highest BCUT2D eigenvalue weighted by Crippen LogP contribution is 2.28. The van der Waals surface area contributed by atoms with Crippen molar-refractivity contribution in [2.24, 2.45) is 5.10 Å². The summed E-state index contributed by atoms with van der Waals surface area (Å²) >= 11 is 11.8. The highest BCUT2D eigenvalue weighted by molar-refractivity contribution is 6.42. The summed E-state index contributed by atoms with van der Waals surface area (Å²) in [5.74, 6) is -0.323. The third-order valence-corrected chi connectivity index (χ3v) is 5.03. The van der Waals surface area contributed by atoms with Crippen LogP contribution < -0.4 is 5.43 Å². The minimum absolute atomic E-state index is 0.323. The predicted molar refractivity (Wildman–Crippen MR) is 98.1 cm³/mol. The van der Waals surface area contributed by atoms with Crippen molar-refractivity contribution in [2.45, 2.75) is 38.1 Å². The standard InChI is InChI=1S/C18H19Cl2N3O/c19-16-7-6-14(10-17(16)20)18(24)22-21-11-13-8-9-23(12-13)15-4-2-1-3-5-15/h6-12,15H,1-5H2,(H,22,24)/b21-11-. The molecule has 0 bridgehead atoms. The van der Waals surface area contributed by atoms with Crippen LogP contribution in [0.3, 0.4) is 0 Å². The van der Waals surface area contributed by atoms with Gasteiger partial charge in [-0.15, -0.1) is 0 Å². The second-order valence-corrected chi connectivity index (χ2v) is 6.83. The van der Waals surface area contributed by atoms with E-state index >= 15 is 0 Å². The molecule has 0 unspecified atom stereocenters. The third-order valence-electron chi connectivity index (χ3n) is 4.30. The zero-order valence-electron chi connectivity index (χ0n) is 13.2. The maximum Gasteiger partial charge on any atom is 0.271 e. The Morgan fingerprint density at radius 3 is 2.71 bits per heavy atom. The predicted octanol–water partition coefficient (Wildman–Crippen LogP) is 5.06. The number of carbonyl (C=O) groups is 1. The Morgan fingerprint density at radius 1 is 1.17 bits per heavy atom. The first-order chi connectivity index (χ1) is 11.6. The van der Waals surface area contributed by atoms with Gasteiger partial charge >= 0.3 is 0 Å². The summed E-state index contributed by atoms with van der Waals surface area (Å²) in [6.45, 7) is 0. The van der Waals surface area contributed by atoms with Crippen molar-refractivity contribution in [3.63, 3.8) is 0 Å². The molecule has 1 N–H and O–H groups in total. The summed E-state index contributed by atoms with van der Waals surface area (Å²) in [5.41, 5.74) is 3.89. The van der Waals surface area contributed by atoms with Crippen LogP contribution in [-0.4, -0.2) is 16.7 Å². The van der Waals surface area contributed by atoms with E-state index in [-0.39, 0.29) is 5.91 Å². The van der Waals surface area contributed by atoms with Crippen molar-refractivity contribution >= 4 is 35.3 Å². The van der Waals surface area contributed by atoms with Crippen LogP contribution in [0.15, 0.2) is 41.8 Å². The molecular weight excluding hydrogens is 345 g/mol. The van der Waals surface area contributed by atoms with Crippen LogP contribution in [0.1, 0.15) is 54.1 Å². The molecule has 1 heterocycles. The second kappa shape index (κ2) is 7.86. The minimum Gasteiger partial charge on any atom is -0.351 e. The van der Waals surface area contributed by atoms with Gasteiger partial charge in [0, 0.05) is 29.6 Å². The van der Waals surface area contributed by atoms with Crippen molar-refractivity contribution in [2.75, 3.05) is 0 Å². The molecular formula is C18H19Cl2N3O. The van der Waals surface area contributed by atoms with Crippen LogP contribution in [-0.2, 0) is 0 Å². The number of halogens is 2. The van der Waals surface area contributed by atoms with E-state index in [0.29, 0.717) is 21.7 Å². The largest absolute Gasteiger partial charge is 0.351 e. The molecule has 0 atom stereocenters. The summed E-state index contributed by atoms with van der Waals surface area (Å²) in [6, 6.07) is 7.31. The second-order valence-electron chi connectivity index (χ2n) is 6.01. The molecule has 6 heteroatoms. The first kappa shape index (κ1) is 17.1. The molecule has 1 aliphatic carbocycles. The average Bonchev–Trinajstić information content (AvgIpc) is 3.07. The van der Waals surface area contributed by atoms with Gasteiger partial charge in [0.2, 0.25) is 0 Å². The molecule has 126 valence electrons. The van der Waals surface area contributed by atoms with E-state index in [4.69, 9.17) is 23.2 Å². The number of hydrogen-bond acceptors (Lipinski definition) is 2. The van der Waals surface area contributed by atoms with Gasteiger partial charge in [-0.3, -0.25) is 4.79 Å². The van der Waals surface area contributed by atoms with Gasteiger partial charge < -0.3 is 4.57 Å². The summed E-state index contributed by atoms with van der Waals surface area (Å²) in [7, 11) is 0. The number of carbonyl (C=O) groups excluding carboxylic acids is 1. The minimum atomic E-state index is -0.323. The number of benzene rings is 1. The van der Waals surface area contributed by atoms with E-state index in [9.17, 15) is 4.79 Å². The normalized spacial score (nSPS) is 15.8. The lowest BCUT2D eigenvalue weighted by Crippen LogP contribution is -2.17. The van der Waals surface area contributed by atoms with E-state index in [2.05, 4.69) is 27.5 Å². The number of aromatic nitrogens is 1. The van der Waals surface area contributed by atoms with E-state index < -0.39 is 0 Å². The van der Waals surface area contributed by atoms with Gasteiger partial charge in [-0.2, -0.15) is 5.10 Å². The summed E-state index contributed by atoms with van der Waals surface area (Å²) in [5, 5.41) is 4.78. The molecule has 1 aromatic heterocycles. The van der Waals surface area contributed by atoms with Crippen molar-refractivity contribution in [3.8, 4) is 0 Å². The fraction of sp³-hybridized carbons (Fsp3) is 0.333. The maximum absolute atomic E-state index is 12.0. The molecule has 3 rings (SSSR count). The highest BCUT2D eigenvalue weighted by atomic mass is 35.5. The van der Waals surface area contributed by atoms with Gasteiger partial charge in [-0.1, -0.05) is 42.5 Å². The van der Waals surface area contributed by atoms with Gasteiger partial charge in [0.25, 0.3) is 5.91 Å². The molecule has 2 aromatic rings. The van der Waals surface area contributed by atoms with Crippen LogP contribution in [0.4, 0.5) is 0 Å². The lowest BCUT2D eigenvalue weighted by atomic mass is 9.95. The topological polar surface area (TPSA) is 46.4 Å². The van der Waals surface area contributed by atoms with Gasteiger partial charge in [0.05, 0.1) is 16.3 Å². The number of nitrogens with zero attached hydrogens (tertiary/aromatic N) is 2. The molecule has 0 spiro atoms. The fourth-order valence-corrected chi connectivity index (χ4v) is 3.28. The van der Waals surface area contributed by atoms with Crippen LogP contribution in [0.25, 0.3) is 0 Å². The molecule has 4 nitrogen and oxygen atoms in total. The van der Waals surface area contributed by atoms with Crippen molar-refractivity contribution in [1.29, 1.82) is 0 Å². The van der Waals surface area contributed by atoms with Crippen LogP contribution in [0, 0.1) is 0 Å². The van der Waals surface area contributed by atoms with Gasteiger partial charge in [0.15, 0.2) is 0 Å². The van der Waals surface area contributed by atoms with Crippen LogP contribution >= 0.6 is 23.2 Å². The van der Waals surface area contributed by atoms with Crippen LogP contribution in [0.5, 0.6) is 0 Å². The lowest BCUT2D eigenvalue weighted by Gasteiger charge is -2.23. The van der Waals surface area contributed by atoms with Gasteiger partial charge in [0.1, 0.15) is 0 Å². The fourth-order valence-electron chi connectivity index (χ4n) is 2.98. The number of hydrazone groups is 1. The Labute approximate surface area is 151 Å². The van der Waals surface area contributed by atoms with Gasteiger partial charge in [-0.25, -0.2) is 5.43 Å². The summed E-state index contributed by atoms with van der Waals surface area (Å²) < 4.78 is 2.25. The number of amides is 1. The molecule has 0 aliphatic heterocycles. The first-order valence-electron chi connectivity index (χ1n) is 8.09. The zero-order chi connectivity index (χ0) is 16.9. The van der Waals surface area contributed by atoms with Crippen molar-refractivity contribution in [1.82, 2.24) is 9.99 Å².